The Balaban J connectivity index is 2.30. The van der Waals surface area contributed by atoms with Crippen molar-refractivity contribution >= 4 is 10.0 Å². The maximum atomic E-state index is 11.7. The normalized spacial score (nSPS) is 11.6. The van der Waals surface area contributed by atoms with Crippen molar-refractivity contribution in [3.8, 4) is 5.75 Å². The van der Waals surface area contributed by atoms with E-state index in [2.05, 4.69) is 0 Å². The van der Waals surface area contributed by atoms with Crippen LogP contribution in [0.5, 0.6) is 5.75 Å². The molecule has 0 amide bonds. The van der Waals surface area contributed by atoms with E-state index in [-0.39, 0.29) is 16.6 Å². The lowest BCUT2D eigenvalue weighted by molar-refractivity contribution is 0.298. The van der Waals surface area contributed by atoms with Crippen molar-refractivity contribution in [3.05, 3.63) is 59.7 Å². The Labute approximate surface area is 125 Å². The van der Waals surface area contributed by atoms with Crippen LogP contribution in [0.1, 0.15) is 30.9 Å². The minimum absolute atomic E-state index is 0.0321. The molecule has 0 bridgehead atoms. The highest BCUT2D eigenvalue weighted by atomic mass is 32.2. The van der Waals surface area contributed by atoms with E-state index in [0.29, 0.717) is 6.61 Å². The first-order chi connectivity index (χ1) is 9.88. The van der Waals surface area contributed by atoms with Crippen LogP contribution in [0.2, 0.25) is 0 Å². The Morgan fingerprint density at radius 2 is 1.76 bits per heavy atom. The van der Waals surface area contributed by atoms with Crippen molar-refractivity contribution < 1.29 is 13.2 Å². The molecular weight excluding hydrogens is 286 g/mol. The van der Waals surface area contributed by atoms with E-state index >= 15 is 0 Å². The van der Waals surface area contributed by atoms with Crippen molar-refractivity contribution in [1.29, 1.82) is 0 Å². The predicted molar refractivity (Wildman–Crippen MR) is 82.7 cm³/mol. The summed E-state index contributed by atoms with van der Waals surface area (Å²) in [6, 6.07) is 14.7. The van der Waals surface area contributed by atoms with E-state index in [4.69, 9.17) is 9.88 Å². The van der Waals surface area contributed by atoms with Gasteiger partial charge in [0.25, 0.3) is 0 Å². The van der Waals surface area contributed by atoms with Crippen molar-refractivity contribution in [1.82, 2.24) is 0 Å². The van der Waals surface area contributed by atoms with Gasteiger partial charge in [-0.25, -0.2) is 13.6 Å². The van der Waals surface area contributed by atoms with Crippen LogP contribution in [0, 0.1) is 0 Å². The number of hydrogen-bond acceptors (Lipinski definition) is 3. The molecule has 0 aliphatic rings. The molecule has 0 fully saturated rings. The molecular formula is C16H19NO3S. The van der Waals surface area contributed by atoms with Gasteiger partial charge in [-0.3, -0.25) is 0 Å². The van der Waals surface area contributed by atoms with E-state index in [9.17, 15) is 8.42 Å². The SMILES string of the molecule is CC(C)c1ccc(OCc2ccccc2)c(S(N)(=O)=O)c1. The third kappa shape index (κ3) is 4.06. The number of nitrogens with two attached hydrogens (primary N) is 1. The average molecular weight is 305 g/mol. The Morgan fingerprint density at radius 1 is 1.10 bits per heavy atom. The maximum Gasteiger partial charge on any atom is 0.241 e. The molecule has 112 valence electrons. The molecule has 5 heteroatoms. The summed E-state index contributed by atoms with van der Waals surface area (Å²) in [5.74, 6) is 0.499. The highest BCUT2D eigenvalue weighted by Crippen LogP contribution is 2.28. The average Bonchev–Trinajstić information content (AvgIpc) is 2.45. The predicted octanol–water partition coefficient (Wildman–Crippen LogP) is 3.04. The second kappa shape index (κ2) is 6.28. The summed E-state index contributed by atoms with van der Waals surface area (Å²) in [5, 5.41) is 5.29. The molecule has 0 atom stereocenters. The molecule has 0 saturated heterocycles. The molecule has 0 aliphatic carbocycles. The zero-order chi connectivity index (χ0) is 15.5. The van der Waals surface area contributed by atoms with Gasteiger partial charge in [0.2, 0.25) is 10.0 Å². The molecule has 2 aromatic carbocycles. The molecule has 2 aromatic rings. The van der Waals surface area contributed by atoms with E-state index in [1.165, 1.54) is 0 Å². The van der Waals surface area contributed by atoms with Crippen LogP contribution in [0.25, 0.3) is 0 Å². The second-order valence-electron chi connectivity index (χ2n) is 5.18. The number of sulfonamides is 1. The minimum Gasteiger partial charge on any atom is -0.487 e. The molecule has 4 nitrogen and oxygen atoms in total. The fourth-order valence-corrected chi connectivity index (χ4v) is 2.67. The van der Waals surface area contributed by atoms with Gasteiger partial charge in [0.15, 0.2) is 0 Å². The van der Waals surface area contributed by atoms with Gasteiger partial charge in [-0.1, -0.05) is 50.2 Å². The van der Waals surface area contributed by atoms with Gasteiger partial charge in [0, 0.05) is 0 Å². The van der Waals surface area contributed by atoms with Crippen LogP contribution in [0.15, 0.2) is 53.4 Å². The highest BCUT2D eigenvalue weighted by Gasteiger charge is 2.17. The van der Waals surface area contributed by atoms with Crippen molar-refractivity contribution in [2.75, 3.05) is 0 Å². The topological polar surface area (TPSA) is 69.4 Å². The minimum atomic E-state index is -3.82. The van der Waals surface area contributed by atoms with E-state index < -0.39 is 10.0 Å². The molecule has 0 heterocycles. The first-order valence-electron chi connectivity index (χ1n) is 6.71. The van der Waals surface area contributed by atoms with Crippen molar-refractivity contribution in [3.63, 3.8) is 0 Å². The number of benzene rings is 2. The monoisotopic (exact) mass is 305 g/mol. The highest BCUT2D eigenvalue weighted by molar-refractivity contribution is 7.89. The molecule has 0 aromatic heterocycles. The van der Waals surface area contributed by atoms with Gasteiger partial charge >= 0.3 is 0 Å². The lowest BCUT2D eigenvalue weighted by Crippen LogP contribution is -2.14. The van der Waals surface area contributed by atoms with Gasteiger partial charge in [-0.05, 0) is 29.2 Å². The van der Waals surface area contributed by atoms with Gasteiger partial charge in [-0.15, -0.1) is 0 Å². The van der Waals surface area contributed by atoms with E-state index in [1.807, 2.05) is 50.2 Å². The lowest BCUT2D eigenvalue weighted by Gasteiger charge is -2.13. The largest absolute Gasteiger partial charge is 0.487 e. The van der Waals surface area contributed by atoms with Crippen LogP contribution < -0.4 is 9.88 Å². The number of hydrogen-bond donors (Lipinski definition) is 1. The standard InChI is InChI=1S/C16H19NO3S/c1-12(2)14-8-9-15(16(10-14)21(17,18)19)20-11-13-6-4-3-5-7-13/h3-10,12H,11H2,1-2H3,(H2,17,18,19). The molecule has 0 unspecified atom stereocenters. The fraction of sp³-hybridized carbons (Fsp3) is 0.250. The van der Waals surface area contributed by atoms with E-state index in [0.717, 1.165) is 11.1 Å². The third-order valence-electron chi connectivity index (χ3n) is 3.18. The summed E-state index contributed by atoms with van der Waals surface area (Å²) in [4.78, 5) is 0.0321. The lowest BCUT2D eigenvalue weighted by atomic mass is 10.0. The second-order valence-corrected chi connectivity index (χ2v) is 6.71. The number of ether oxygens (including phenoxy) is 1. The molecule has 0 saturated carbocycles. The van der Waals surface area contributed by atoms with Gasteiger partial charge in [-0.2, -0.15) is 0 Å². The van der Waals surface area contributed by atoms with Gasteiger partial charge in [0.05, 0.1) is 0 Å². The summed E-state index contributed by atoms with van der Waals surface area (Å²) in [7, 11) is -3.82. The Bertz CT molecular complexity index is 710. The first-order valence-corrected chi connectivity index (χ1v) is 8.26. The van der Waals surface area contributed by atoms with Crippen LogP contribution in [-0.2, 0) is 16.6 Å². The van der Waals surface area contributed by atoms with Crippen LogP contribution in [-0.4, -0.2) is 8.42 Å². The molecule has 0 radical (unpaired) electrons. The molecule has 2 N–H and O–H groups in total. The Hall–Kier alpha value is -1.85. The van der Waals surface area contributed by atoms with Gasteiger partial charge in [0.1, 0.15) is 17.3 Å². The third-order valence-corrected chi connectivity index (χ3v) is 4.11. The van der Waals surface area contributed by atoms with E-state index in [1.54, 1.807) is 12.1 Å². The summed E-state index contributed by atoms with van der Waals surface area (Å²) >= 11 is 0. The molecule has 21 heavy (non-hydrogen) atoms. The molecule has 2 rings (SSSR count). The maximum absolute atomic E-state index is 11.7. The summed E-state index contributed by atoms with van der Waals surface area (Å²) in [6.07, 6.45) is 0. The zero-order valence-corrected chi connectivity index (χ0v) is 12.9. The smallest absolute Gasteiger partial charge is 0.241 e. The molecule has 0 aliphatic heterocycles. The van der Waals surface area contributed by atoms with Gasteiger partial charge < -0.3 is 4.74 Å². The number of rotatable bonds is 5. The Kier molecular flexibility index (Phi) is 4.65. The Morgan fingerprint density at radius 3 is 2.33 bits per heavy atom. The summed E-state index contributed by atoms with van der Waals surface area (Å²) in [6.45, 7) is 4.28. The van der Waals surface area contributed by atoms with Crippen LogP contribution in [0.3, 0.4) is 0 Å². The quantitative estimate of drug-likeness (QED) is 0.923. The first kappa shape index (κ1) is 15.5. The van der Waals surface area contributed by atoms with Crippen molar-refractivity contribution in [2.45, 2.75) is 31.3 Å². The zero-order valence-electron chi connectivity index (χ0n) is 12.1. The molecule has 0 spiro atoms. The van der Waals surface area contributed by atoms with Crippen LogP contribution >= 0.6 is 0 Å². The van der Waals surface area contributed by atoms with Crippen LogP contribution in [0.4, 0.5) is 0 Å². The summed E-state index contributed by atoms with van der Waals surface area (Å²) < 4.78 is 29.1. The fourth-order valence-electron chi connectivity index (χ4n) is 1.96. The van der Waals surface area contributed by atoms with Crippen molar-refractivity contribution in [2.24, 2.45) is 5.14 Å². The summed E-state index contributed by atoms with van der Waals surface area (Å²) in [5.41, 5.74) is 1.87. The number of primary sulfonamides is 1.